The average Bonchev–Trinajstić information content (AvgIpc) is 3.19. The van der Waals surface area contributed by atoms with Gasteiger partial charge in [0, 0.05) is 24.7 Å². The van der Waals surface area contributed by atoms with Gasteiger partial charge in [0.2, 0.25) is 11.7 Å². The Morgan fingerprint density at radius 1 is 0.966 bits per heavy atom. The van der Waals surface area contributed by atoms with Crippen LogP contribution in [0, 0.1) is 11.7 Å². The third-order valence-corrected chi connectivity index (χ3v) is 5.93. The molecule has 1 aromatic carbocycles. The van der Waals surface area contributed by atoms with Crippen LogP contribution in [0.2, 0.25) is 0 Å². The van der Waals surface area contributed by atoms with Gasteiger partial charge in [0.15, 0.2) is 0 Å². The molecular formula is C21H28FN3O4. The summed E-state index contributed by atoms with van der Waals surface area (Å²) in [6.07, 6.45) is 4.81. The number of hydrogen-bond donors (Lipinski definition) is 1. The maximum atomic E-state index is 13.1. The van der Waals surface area contributed by atoms with Gasteiger partial charge >= 0.3 is 6.03 Å². The molecule has 3 fully saturated rings. The van der Waals surface area contributed by atoms with E-state index >= 15 is 0 Å². The Morgan fingerprint density at radius 3 is 2.41 bits per heavy atom. The van der Waals surface area contributed by atoms with Crippen molar-refractivity contribution in [3.8, 4) is 0 Å². The number of nitrogens with one attached hydrogen (secondary N) is 1. The number of ether oxygens (including phenoxy) is 2. The van der Waals surface area contributed by atoms with Crippen molar-refractivity contribution in [2.75, 3.05) is 44.7 Å². The van der Waals surface area contributed by atoms with E-state index < -0.39 is 5.79 Å². The predicted molar refractivity (Wildman–Crippen MR) is 105 cm³/mol. The third-order valence-electron chi connectivity index (χ3n) is 5.93. The van der Waals surface area contributed by atoms with E-state index in [1.807, 2.05) is 4.90 Å². The van der Waals surface area contributed by atoms with Crippen LogP contribution in [0.3, 0.4) is 0 Å². The predicted octanol–water partition coefficient (Wildman–Crippen LogP) is 2.83. The lowest BCUT2D eigenvalue weighted by Gasteiger charge is -2.43. The van der Waals surface area contributed by atoms with Crippen molar-refractivity contribution in [3.05, 3.63) is 30.1 Å². The molecule has 0 bridgehead atoms. The first-order chi connectivity index (χ1) is 14.0. The Labute approximate surface area is 170 Å². The highest BCUT2D eigenvalue weighted by Crippen LogP contribution is 2.30. The molecule has 8 heteroatoms. The van der Waals surface area contributed by atoms with Gasteiger partial charge in [0.1, 0.15) is 5.82 Å². The number of hydrogen-bond acceptors (Lipinski definition) is 4. The Balaban J connectivity index is 1.43. The fourth-order valence-corrected chi connectivity index (χ4v) is 4.40. The summed E-state index contributed by atoms with van der Waals surface area (Å²) in [6, 6.07) is 5.37. The van der Waals surface area contributed by atoms with Gasteiger partial charge in [0.25, 0.3) is 0 Å². The molecule has 2 aliphatic heterocycles. The van der Waals surface area contributed by atoms with Gasteiger partial charge in [0.05, 0.1) is 26.3 Å². The smallest absolute Gasteiger partial charge is 0.322 e. The van der Waals surface area contributed by atoms with Crippen LogP contribution in [0.25, 0.3) is 0 Å². The van der Waals surface area contributed by atoms with Crippen LogP contribution >= 0.6 is 0 Å². The molecule has 3 aliphatic rings. The molecule has 1 N–H and O–H groups in total. The lowest BCUT2D eigenvalue weighted by Crippen LogP contribution is -2.60. The van der Waals surface area contributed by atoms with Crippen molar-refractivity contribution in [1.82, 2.24) is 9.80 Å². The SMILES string of the molecule is O=C(Nc1ccc(F)cc1)N1CCCOC2(C1)CN(C(=O)C1CCCC1)CCO2. The van der Waals surface area contributed by atoms with E-state index in [-0.39, 0.29) is 30.2 Å². The van der Waals surface area contributed by atoms with Crippen molar-refractivity contribution in [2.24, 2.45) is 5.92 Å². The van der Waals surface area contributed by atoms with Gasteiger partial charge in [-0.1, -0.05) is 12.8 Å². The van der Waals surface area contributed by atoms with Gasteiger partial charge in [-0.05, 0) is 43.5 Å². The van der Waals surface area contributed by atoms with Gasteiger partial charge in [-0.3, -0.25) is 4.79 Å². The molecule has 2 heterocycles. The molecule has 0 aromatic heterocycles. The summed E-state index contributed by atoms with van der Waals surface area (Å²) in [7, 11) is 0. The van der Waals surface area contributed by atoms with Crippen molar-refractivity contribution in [2.45, 2.75) is 37.9 Å². The van der Waals surface area contributed by atoms with Crippen LogP contribution < -0.4 is 5.32 Å². The number of carbonyl (C=O) groups excluding carboxylic acids is 2. The minimum Gasteiger partial charge on any atom is -0.347 e. The molecule has 1 unspecified atom stereocenters. The van der Waals surface area contributed by atoms with Crippen molar-refractivity contribution in [3.63, 3.8) is 0 Å². The Morgan fingerprint density at radius 2 is 1.66 bits per heavy atom. The molecule has 3 amide bonds. The van der Waals surface area contributed by atoms with Gasteiger partial charge in [-0.2, -0.15) is 0 Å². The van der Waals surface area contributed by atoms with Gasteiger partial charge < -0.3 is 24.6 Å². The molecule has 7 nitrogen and oxygen atoms in total. The molecule has 1 aromatic rings. The van der Waals surface area contributed by atoms with E-state index in [0.717, 1.165) is 25.7 Å². The molecular weight excluding hydrogens is 377 g/mol. The summed E-state index contributed by atoms with van der Waals surface area (Å²) in [6.45, 7) is 2.52. The van der Waals surface area contributed by atoms with Crippen LogP contribution in [0.5, 0.6) is 0 Å². The van der Waals surface area contributed by atoms with Crippen LogP contribution in [-0.4, -0.2) is 66.9 Å². The zero-order valence-corrected chi connectivity index (χ0v) is 16.6. The van der Waals surface area contributed by atoms with E-state index in [0.29, 0.717) is 45.0 Å². The molecule has 1 spiro atoms. The molecule has 0 radical (unpaired) electrons. The lowest BCUT2D eigenvalue weighted by atomic mass is 10.1. The number of amides is 3. The maximum absolute atomic E-state index is 13.1. The summed E-state index contributed by atoms with van der Waals surface area (Å²) in [5.74, 6) is -1.06. The minimum atomic E-state index is -0.997. The monoisotopic (exact) mass is 405 g/mol. The topological polar surface area (TPSA) is 71.1 Å². The normalized spacial score (nSPS) is 25.8. The van der Waals surface area contributed by atoms with E-state index in [2.05, 4.69) is 5.32 Å². The van der Waals surface area contributed by atoms with Crippen LogP contribution in [0.15, 0.2) is 24.3 Å². The quantitative estimate of drug-likeness (QED) is 0.821. The Kier molecular flexibility index (Phi) is 6.01. The highest BCUT2D eigenvalue weighted by atomic mass is 19.1. The number of rotatable bonds is 2. The number of urea groups is 1. The molecule has 158 valence electrons. The van der Waals surface area contributed by atoms with Crippen LogP contribution in [0.4, 0.5) is 14.9 Å². The first kappa shape index (κ1) is 20.1. The number of halogens is 1. The van der Waals surface area contributed by atoms with Crippen molar-refractivity contribution >= 4 is 17.6 Å². The van der Waals surface area contributed by atoms with Gasteiger partial charge in [-0.25, -0.2) is 9.18 Å². The summed E-state index contributed by atoms with van der Waals surface area (Å²) >= 11 is 0. The largest absolute Gasteiger partial charge is 0.347 e. The van der Waals surface area contributed by atoms with Crippen LogP contribution in [-0.2, 0) is 14.3 Å². The number of morpholine rings is 1. The van der Waals surface area contributed by atoms with E-state index in [1.165, 1.54) is 24.3 Å². The van der Waals surface area contributed by atoms with Gasteiger partial charge in [-0.15, -0.1) is 0 Å². The highest BCUT2D eigenvalue weighted by molar-refractivity contribution is 5.89. The second kappa shape index (κ2) is 8.67. The average molecular weight is 405 g/mol. The number of anilines is 1. The van der Waals surface area contributed by atoms with Crippen LogP contribution in [0.1, 0.15) is 32.1 Å². The molecule has 2 saturated heterocycles. The fourth-order valence-electron chi connectivity index (χ4n) is 4.40. The first-order valence-corrected chi connectivity index (χ1v) is 10.4. The second-order valence-corrected chi connectivity index (χ2v) is 8.06. The minimum absolute atomic E-state index is 0.105. The number of nitrogens with zero attached hydrogens (tertiary/aromatic N) is 2. The first-order valence-electron chi connectivity index (χ1n) is 10.4. The summed E-state index contributed by atoms with van der Waals surface area (Å²) in [5.41, 5.74) is 0.526. The summed E-state index contributed by atoms with van der Waals surface area (Å²) in [4.78, 5) is 29.2. The Hall–Kier alpha value is -2.19. The molecule has 1 aliphatic carbocycles. The number of benzene rings is 1. The van der Waals surface area contributed by atoms with E-state index in [9.17, 15) is 14.0 Å². The fraction of sp³-hybridized carbons (Fsp3) is 0.619. The molecule has 29 heavy (non-hydrogen) atoms. The standard InChI is InChI=1S/C21H28FN3O4/c22-17-6-8-18(9-7-17)23-20(27)25-10-3-12-28-21(15-25)14-24(11-13-29-21)19(26)16-4-1-2-5-16/h6-9,16H,1-5,10-15H2,(H,23,27). The molecule has 4 rings (SSSR count). The molecule has 1 saturated carbocycles. The summed E-state index contributed by atoms with van der Waals surface area (Å²) < 4.78 is 25.1. The zero-order valence-electron chi connectivity index (χ0n) is 16.6. The van der Waals surface area contributed by atoms with E-state index in [1.54, 1.807) is 4.90 Å². The van der Waals surface area contributed by atoms with Crippen molar-refractivity contribution in [1.29, 1.82) is 0 Å². The Bertz CT molecular complexity index is 738. The highest BCUT2D eigenvalue weighted by Gasteiger charge is 2.44. The number of carbonyl (C=O) groups is 2. The second-order valence-electron chi connectivity index (χ2n) is 8.06. The lowest BCUT2D eigenvalue weighted by molar-refractivity contribution is -0.262. The van der Waals surface area contributed by atoms with E-state index in [4.69, 9.17) is 9.47 Å². The van der Waals surface area contributed by atoms with Crippen molar-refractivity contribution < 1.29 is 23.5 Å². The zero-order chi connectivity index (χ0) is 20.3. The summed E-state index contributed by atoms with van der Waals surface area (Å²) in [5, 5.41) is 2.80. The third kappa shape index (κ3) is 4.70. The maximum Gasteiger partial charge on any atom is 0.322 e. The molecule has 1 atom stereocenters.